The highest BCUT2D eigenvalue weighted by atomic mass is 19.1. The first-order valence-corrected chi connectivity index (χ1v) is 17.1. The number of aromatic nitrogens is 2. The van der Waals surface area contributed by atoms with E-state index in [9.17, 15) is 18.8 Å². The molecule has 270 valence electrons. The summed E-state index contributed by atoms with van der Waals surface area (Å²) in [5, 5.41) is 3.34. The second-order valence-corrected chi connectivity index (χ2v) is 14.2. The quantitative estimate of drug-likeness (QED) is 0.263. The second kappa shape index (κ2) is 15.7. The average Bonchev–Trinajstić information content (AvgIpc) is 3.64. The Morgan fingerprint density at radius 1 is 1.06 bits per heavy atom. The van der Waals surface area contributed by atoms with Crippen molar-refractivity contribution in [3.63, 3.8) is 0 Å². The van der Waals surface area contributed by atoms with E-state index in [2.05, 4.69) is 5.32 Å². The van der Waals surface area contributed by atoms with Crippen LogP contribution in [0, 0.1) is 23.5 Å². The van der Waals surface area contributed by atoms with Gasteiger partial charge in [0, 0.05) is 44.2 Å². The van der Waals surface area contributed by atoms with Crippen LogP contribution in [0.2, 0.25) is 0 Å². The van der Waals surface area contributed by atoms with Crippen LogP contribution in [0.1, 0.15) is 64.9 Å². The molecule has 2 saturated heterocycles. The van der Waals surface area contributed by atoms with E-state index in [1.807, 2.05) is 34.9 Å². The summed E-state index contributed by atoms with van der Waals surface area (Å²) < 4.78 is 58.2. The number of halogens is 3. The predicted molar refractivity (Wildman–Crippen MR) is 181 cm³/mol. The molecule has 2 aliphatic heterocycles. The molecule has 2 fully saturated rings. The van der Waals surface area contributed by atoms with Crippen molar-refractivity contribution < 1.29 is 37.0 Å². The van der Waals surface area contributed by atoms with Gasteiger partial charge in [-0.2, -0.15) is 0 Å². The number of carbonyl (C=O) groups excluding carboxylic acids is 3. The van der Waals surface area contributed by atoms with Gasteiger partial charge in [0.1, 0.15) is 29.2 Å². The van der Waals surface area contributed by atoms with E-state index in [0.717, 1.165) is 23.8 Å². The average molecular weight is 698 g/mol. The summed E-state index contributed by atoms with van der Waals surface area (Å²) in [6.07, 6.45) is -0.432. The minimum atomic E-state index is -1.48. The zero-order valence-corrected chi connectivity index (χ0v) is 29.2. The van der Waals surface area contributed by atoms with Crippen LogP contribution in [0.3, 0.4) is 0 Å². The van der Waals surface area contributed by atoms with Gasteiger partial charge in [-0.05, 0) is 83.3 Å². The maximum absolute atomic E-state index is 15.9. The Labute approximate surface area is 290 Å². The Morgan fingerprint density at radius 2 is 1.76 bits per heavy atom. The molecule has 1 aromatic heterocycles. The number of piperidine rings is 1. The number of alkyl halides is 1. The number of rotatable bonds is 10. The summed E-state index contributed by atoms with van der Waals surface area (Å²) in [7, 11) is 0. The minimum absolute atomic E-state index is 0.00103. The van der Waals surface area contributed by atoms with Gasteiger partial charge in [0.2, 0.25) is 0 Å². The lowest BCUT2D eigenvalue weighted by Crippen LogP contribution is -2.49. The van der Waals surface area contributed by atoms with E-state index in [1.54, 1.807) is 27.0 Å². The van der Waals surface area contributed by atoms with E-state index >= 15 is 8.78 Å². The summed E-state index contributed by atoms with van der Waals surface area (Å²) in [4.78, 5) is 47.1. The van der Waals surface area contributed by atoms with Gasteiger partial charge in [0.15, 0.2) is 6.10 Å². The van der Waals surface area contributed by atoms with Crippen LogP contribution in [0.25, 0.3) is 11.3 Å². The lowest BCUT2D eigenvalue weighted by molar-refractivity contribution is -0.160. The highest BCUT2D eigenvalue weighted by molar-refractivity contribution is 5.83. The van der Waals surface area contributed by atoms with Crippen LogP contribution in [-0.2, 0) is 25.6 Å². The molecule has 0 unspecified atom stereocenters. The highest BCUT2D eigenvalue weighted by Crippen LogP contribution is 2.38. The number of carbonyl (C=O) groups is 3. The molecule has 13 heteroatoms. The molecule has 0 bridgehead atoms. The van der Waals surface area contributed by atoms with Crippen LogP contribution in [0.5, 0.6) is 0 Å². The number of likely N-dealkylation sites (tertiary alicyclic amines) is 1. The van der Waals surface area contributed by atoms with E-state index in [4.69, 9.17) is 14.5 Å². The van der Waals surface area contributed by atoms with Crippen molar-refractivity contribution in [1.82, 2.24) is 24.7 Å². The van der Waals surface area contributed by atoms with Gasteiger partial charge in [-0.15, -0.1) is 0 Å². The standard InChI is InChI=1S/C37H46F3N5O5/c1-23(49-24(2)46)35(47)45(20-27-19-44(21-31(27)40)36(48)50-37(3,4)5)33(26-13-15-41-16-14-26)34-42-32(29-17-28(38)11-12-30(29)39)22-43(34)18-25-9-7-6-8-10-25/h6-12,17,22-23,26-27,31,33,41H,13-16,18-21H2,1-5H3/t23-,27-,31-,33+/m0/s1. The molecule has 3 aromatic rings. The summed E-state index contributed by atoms with van der Waals surface area (Å²) in [5.41, 5.74) is 0.255. The maximum Gasteiger partial charge on any atom is 0.410 e. The first kappa shape index (κ1) is 36.9. The van der Waals surface area contributed by atoms with E-state index in [1.165, 1.54) is 23.6 Å². The zero-order chi connectivity index (χ0) is 36.2. The van der Waals surface area contributed by atoms with Crippen LogP contribution in [-0.4, -0.2) is 87.9 Å². The lowest BCUT2D eigenvalue weighted by Gasteiger charge is -2.41. The van der Waals surface area contributed by atoms with Gasteiger partial charge >= 0.3 is 12.1 Å². The van der Waals surface area contributed by atoms with Gasteiger partial charge in [0.25, 0.3) is 5.91 Å². The van der Waals surface area contributed by atoms with Crippen molar-refractivity contribution in [2.75, 3.05) is 32.7 Å². The van der Waals surface area contributed by atoms with Crippen molar-refractivity contribution in [2.45, 2.75) is 77.9 Å². The largest absolute Gasteiger partial charge is 0.453 e. The number of ether oxygens (including phenoxy) is 2. The monoisotopic (exact) mass is 697 g/mol. The van der Waals surface area contributed by atoms with Gasteiger partial charge in [-0.3, -0.25) is 9.59 Å². The predicted octanol–water partition coefficient (Wildman–Crippen LogP) is 5.90. The van der Waals surface area contributed by atoms with Gasteiger partial charge in [-0.1, -0.05) is 30.3 Å². The Balaban J connectivity index is 1.62. The van der Waals surface area contributed by atoms with E-state index in [-0.39, 0.29) is 36.8 Å². The number of esters is 1. The summed E-state index contributed by atoms with van der Waals surface area (Å²) in [6.45, 7) is 9.13. The van der Waals surface area contributed by atoms with Crippen molar-refractivity contribution in [2.24, 2.45) is 11.8 Å². The van der Waals surface area contributed by atoms with Crippen LogP contribution >= 0.6 is 0 Å². The topological polar surface area (TPSA) is 106 Å². The molecule has 2 aliphatic rings. The fourth-order valence-electron chi connectivity index (χ4n) is 6.77. The third-order valence-electron chi connectivity index (χ3n) is 9.06. The molecule has 3 heterocycles. The lowest BCUT2D eigenvalue weighted by atomic mass is 9.87. The Bertz CT molecular complexity index is 1660. The number of amides is 2. The maximum atomic E-state index is 15.9. The first-order valence-electron chi connectivity index (χ1n) is 17.1. The molecule has 0 saturated carbocycles. The van der Waals surface area contributed by atoms with Crippen molar-refractivity contribution in [3.05, 3.63) is 77.8 Å². The molecule has 1 N–H and O–H groups in total. The van der Waals surface area contributed by atoms with Gasteiger partial charge < -0.3 is 29.2 Å². The Kier molecular flexibility index (Phi) is 11.5. The van der Waals surface area contributed by atoms with Crippen LogP contribution in [0.4, 0.5) is 18.0 Å². The van der Waals surface area contributed by atoms with Crippen molar-refractivity contribution in [3.8, 4) is 11.3 Å². The van der Waals surface area contributed by atoms with Crippen LogP contribution in [0.15, 0.2) is 54.7 Å². The SMILES string of the molecule is CC(=O)O[C@@H](C)C(=O)N(C[C@@H]1CN(C(=O)OC(C)(C)C)C[C@@H]1F)[C@@H](c1nc(-c2cc(F)ccc2F)cn1Cc1ccccc1)C1CCNCC1. The molecule has 4 atom stereocenters. The zero-order valence-electron chi connectivity index (χ0n) is 29.2. The van der Waals surface area contributed by atoms with Crippen LogP contribution < -0.4 is 5.32 Å². The smallest absolute Gasteiger partial charge is 0.410 e. The number of hydrogen-bond donors (Lipinski definition) is 1. The fraction of sp³-hybridized carbons (Fsp3) is 0.514. The second-order valence-electron chi connectivity index (χ2n) is 14.2. The molecule has 0 radical (unpaired) electrons. The number of benzene rings is 2. The summed E-state index contributed by atoms with van der Waals surface area (Å²) in [6, 6.07) is 11.9. The number of nitrogens with zero attached hydrogens (tertiary/aromatic N) is 4. The van der Waals surface area contributed by atoms with E-state index < -0.39 is 59.4 Å². The summed E-state index contributed by atoms with van der Waals surface area (Å²) in [5.74, 6) is -3.08. The summed E-state index contributed by atoms with van der Waals surface area (Å²) >= 11 is 0. The molecule has 2 amide bonds. The van der Waals surface area contributed by atoms with Gasteiger partial charge in [-0.25, -0.2) is 22.9 Å². The molecule has 50 heavy (non-hydrogen) atoms. The third kappa shape index (κ3) is 9.04. The molecule has 5 rings (SSSR count). The normalized spacial score (nSPS) is 19.6. The Morgan fingerprint density at radius 3 is 2.42 bits per heavy atom. The Hall–Kier alpha value is -4.39. The fourth-order valence-corrected chi connectivity index (χ4v) is 6.77. The minimum Gasteiger partial charge on any atom is -0.453 e. The third-order valence-corrected chi connectivity index (χ3v) is 9.06. The molecule has 10 nitrogen and oxygen atoms in total. The first-order chi connectivity index (χ1) is 23.7. The van der Waals surface area contributed by atoms with Gasteiger partial charge in [0.05, 0.1) is 18.3 Å². The van der Waals surface area contributed by atoms with Crippen molar-refractivity contribution in [1.29, 1.82) is 0 Å². The number of nitrogens with one attached hydrogen (secondary N) is 1. The molecular formula is C37H46F3N5O5. The van der Waals surface area contributed by atoms with E-state index in [0.29, 0.717) is 38.3 Å². The van der Waals surface area contributed by atoms with Crippen molar-refractivity contribution >= 4 is 18.0 Å². The highest BCUT2D eigenvalue weighted by Gasteiger charge is 2.44. The molecule has 2 aromatic carbocycles. The number of hydrogen-bond acceptors (Lipinski definition) is 7. The molecule has 0 spiro atoms. The molecular weight excluding hydrogens is 651 g/mol. The number of imidazole rings is 1. The molecule has 0 aliphatic carbocycles.